The van der Waals surface area contributed by atoms with Gasteiger partial charge < -0.3 is 9.64 Å². The van der Waals surface area contributed by atoms with Crippen molar-refractivity contribution in [2.24, 2.45) is 0 Å². The second kappa shape index (κ2) is 6.35. The smallest absolute Gasteiger partial charge is 0.254 e. The van der Waals surface area contributed by atoms with Gasteiger partial charge in [0.05, 0.1) is 12.4 Å². The van der Waals surface area contributed by atoms with Crippen LogP contribution in [0.25, 0.3) is 0 Å². The quantitative estimate of drug-likeness (QED) is 0.734. The maximum atomic E-state index is 12.9. The first kappa shape index (κ1) is 15.3. The van der Waals surface area contributed by atoms with Crippen LogP contribution in [0.4, 0.5) is 4.39 Å². The van der Waals surface area contributed by atoms with E-state index in [1.165, 1.54) is 12.1 Å². The molecule has 3 aromatic rings. The summed E-state index contributed by atoms with van der Waals surface area (Å²) < 4.78 is 18.6. The number of amides is 1. The van der Waals surface area contributed by atoms with Crippen molar-refractivity contribution in [3.8, 4) is 11.5 Å². The zero-order valence-corrected chi connectivity index (χ0v) is 13.2. The molecule has 0 bridgehead atoms. The molecule has 4 rings (SSSR count). The van der Waals surface area contributed by atoms with Crippen molar-refractivity contribution in [2.75, 3.05) is 13.1 Å². The van der Waals surface area contributed by atoms with Crippen LogP contribution >= 0.6 is 0 Å². The Kier molecular flexibility index (Phi) is 3.89. The van der Waals surface area contributed by atoms with Crippen LogP contribution < -0.4 is 4.74 Å². The second-order valence-corrected chi connectivity index (χ2v) is 5.80. The summed E-state index contributed by atoms with van der Waals surface area (Å²) >= 11 is 0. The molecule has 0 N–H and O–H groups in total. The van der Waals surface area contributed by atoms with E-state index in [4.69, 9.17) is 4.74 Å². The van der Waals surface area contributed by atoms with Gasteiger partial charge in [0, 0.05) is 18.7 Å². The van der Waals surface area contributed by atoms with Crippen molar-refractivity contribution >= 4 is 5.91 Å². The molecule has 6 nitrogen and oxygen atoms in total. The molecule has 7 heteroatoms. The minimum absolute atomic E-state index is 0.0621. The van der Waals surface area contributed by atoms with E-state index in [1.807, 2.05) is 0 Å². The van der Waals surface area contributed by atoms with E-state index in [2.05, 4.69) is 10.2 Å². The molecule has 1 aliphatic heterocycles. The zero-order valence-electron chi connectivity index (χ0n) is 13.2. The molecule has 1 aromatic heterocycles. The Bertz CT molecular complexity index is 874. The lowest BCUT2D eigenvalue weighted by atomic mass is 10.1. The van der Waals surface area contributed by atoms with Crippen LogP contribution in [0.3, 0.4) is 0 Å². The van der Waals surface area contributed by atoms with Gasteiger partial charge in [-0.25, -0.2) is 4.39 Å². The van der Waals surface area contributed by atoms with Gasteiger partial charge >= 0.3 is 0 Å². The van der Waals surface area contributed by atoms with E-state index in [9.17, 15) is 9.18 Å². The van der Waals surface area contributed by atoms with Crippen molar-refractivity contribution in [3.63, 3.8) is 0 Å². The van der Waals surface area contributed by atoms with Gasteiger partial charge in [0.15, 0.2) is 0 Å². The van der Waals surface area contributed by atoms with Crippen LogP contribution in [-0.2, 0) is 0 Å². The summed E-state index contributed by atoms with van der Waals surface area (Å²) in [5.74, 6) is 0.659. The van der Waals surface area contributed by atoms with E-state index >= 15 is 0 Å². The number of hydrogen-bond acceptors (Lipinski definition) is 4. The van der Waals surface area contributed by atoms with Gasteiger partial charge in [-0.05, 0) is 42.5 Å². The topological polar surface area (TPSA) is 60.2 Å². The van der Waals surface area contributed by atoms with Crippen molar-refractivity contribution < 1.29 is 13.9 Å². The monoisotopic (exact) mass is 338 g/mol. The van der Waals surface area contributed by atoms with Crippen LogP contribution in [0.15, 0.2) is 60.9 Å². The van der Waals surface area contributed by atoms with Gasteiger partial charge in [-0.1, -0.05) is 6.07 Å². The van der Waals surface area contributed by atoms with Gasteiger partial charge in [-0.3, -0.25) is 4.79 Å². The fourth-order valence-corrected chi connectivity index (χ4v) is 2.70. The number of ether oxygens (including phenoxy) is 1. The Balaban J connectivity index is 1.42. The summed E-state index contributed by atoms with van der Waals surface area (Å²) in [6, 6.07) is 12.8. The number of likely N-dealkylation sites (tertiary alicyclic amines) is 1. The van der Waals surface area contributed by atoms with Crippen molar-refractivity contribution in [1.29, 1.82) is 0 Å². The minimum atomic E-state index is -0.324. The van der Waals surface area contributed by atoms with E-state index in [0.717, 1.165) is 0 Å². The average Bonchev–Trinajstić information content (AvgIpc) is 3.10. The summed E-state index contributed by atoms with van der Waals surface area (Å²) in [5.41, 5.74) is 0.548. The van der Waals surface area contributed by atoms with Crippen LogP contribution in [0, 0.1) is 5.82 Å². The number of hydrogen-bond donors (Lipinski definition) is 0. The minimum Gasteiger partial charge on any atom is -0.457 e. The van der Waals surface area contributed by atoms with Crippen molar-refractivity contribution in [3.05, 3.63) is 72.3 Å². The highest BCUT2D eigenvalue weighted by atomic mass is 19.1. The molecule has 1 fully saturated rings. The molecule has 2 aromatic carbocycles. The second-order valence-electron chi connectivity index (χ2n) is 5.80. The highest BCUT2D eigenvalue weighted by Crippen LogP contribution is 2.25. The lowest BCUT2D eigenvalue weighted by Crippen LogP contribution is -2.51. The molecule has 0 radical (unpaired) electrons. The maximum Gasteiger partial charge on any atom is 0.254 e. The van der Waals surface area contributed by atoms with E-state index in [0.29, 0.717) is 30.2 Å². The van der Waals surface area contributed by atoms with Gasteiger partial charge in [-0.15, -0.1) is 0 Å². The number of carbonyl (C=O) groups excluding carboxylic acids is 1. The molecule has 1 aliphatic rings. The third-order valence-electron chi connectivity index (χ3n) is 4.04. The highest BCUT2D eigenvalue weighted by Gasteiger charge is 2.33. The van der Waals surface area contributed by atoms with Gasteiger partial charge in [-0.2, -0.15) is 15.0 Å². The van der Waals surface area contributed by atoms with Gasteiger partial charge in [0.25, 0.3) is 5.91 Å². The van der Waals surface area contributed by atoms with Crippen molar-refractivity contribution in [2.45, 2.75) is 6.04 Å². The van der Waals surface area contributed by atoms with Crippen LogP contribution in [-0.4, -0.2) is 38.9 Å². The highest BCUT2D eigenvalue weighted by molar-refractivity contribution is 5.95. The molecule has 0 spiro atoms. The lowest BCUT2D eigenvalue weighted by molar-refractivity contribution is 0.0476. The summed E-state index contributed by atoms with van der Waals surface area (Å²) in [5, 5.41) is 8.19. The first-order valence-corrected chi connectivity index (χ1v) is 7.87. The Hall–Kier alpha value is -3.22. The maximum absolute atomic E-state index is 12.9. The van der Waals surface area contributed by atoms with Gasteiger partial charge in [0.2, 0.25) is 0 Å². The SMILES string of the molecule is O=C(c1cccc(Oc2ccc(F)cc2)c1)N1CC(n2nccn2)C1. The number of rotatable bonds is 4. The fraction of sp³-hybridized carbons (Fsp3) is 0.167. The number of nitrogens with zero attached hydrogens (tertiary/aromatic N) is 4. The molecule has 2 heterocycles. The largest absolute Gasteiger partial charge is 0.457 e. The summed E-state index contributed by atoms with van der Waals surface area (Å²) in [4.78, 5) is 15.9. The Morgan fingerprint density at radius 2 is 1.76 bits per heavy atom. The molecular weight excluding hydrogens is 323 g/mol. The third-order valence-corrected chi connectivity index (χ3v) is 4.04. The van der Waals surface area contributed by atoms with Gasteiger partial charge in [0.1, 0.15) is 23.4 Å². The normalized spacial score (nSPS) is 14.2. The average molecular weight is 338 g/mol. The Labute approximate surface area is 143 Å². The Morgan fingerprint density at radius 3 is 2.48 bits per heavy atom. The van der Waals surface area contributed by atoms with Crippen molar-refractivity contribution in [1.82, 2.24) is 19.9 Å². The molecule has 0 aliphatic carbocycles. The number of halogens is 1. The molecular formula is C18H15FN4O2. The predicted octanol–water partition coefficient (Wildman–Crippen LogP) is 2.91. The number of aromatic nitrogens is 3. The molecule has 0 atom stereocenters. The Morgan fingerprint density at radius 1 is 1.04 bits per heavy atom. The predicted molar refractivity (Wildman–Crippen MR) is 87.9 cm³/mol. The molecule has 1 amide bonds. The lowest BCUT2D eigenvalue weighted by Gasteiger charge is -2.38. The van der Waals surface area contributed by atoms with E-state index in [1.54, 1.807) is 58.5 Å². The molecule has 0 unspecified atom stereocenters. The van der Waals surface area contributed by atoms with E-state index in [-0.39, 0.29) is 17.8 Å². The van der Waals surface area contributed by atoms with Crippen LogP contribution in [0.5, 0.6) is 11.5 Å². The number of benzene rings is 2. The van der Waals surface area contributed by atoms with Crippen LogP contribution in [0.1, 0.15) is 16.4 Å². The van der Waals surface area contributed by atoms with Crippen LogP contribution in [0.2, 0.25) is 0 Å². The van der Waals surface area contributed by atoms with E-state index < -0.39 is 0 Å². The first-order valence-electron chi connectivity index (χ1n) is 7.87. The number of carbonyl (C=O) groups is 1. The standard InChI is InChI=1S/C18H15FN4O2/c19-14-4-6-16(7-5-14)25-17-3-1-2-13(10-17)18(24)22-11-15(12-22)23-20-8-9-21-23/h1-10,15H,11-12H2. The molecule has 25 heavy (non-hydrogen) atoms. The molecule has 0 saturated carbocycles. The molecule has 1 saturated heterocycles. The third kappa shape index (κ3) is 3.21. The fourth-order valence-electron chi connectivity index (χ4n) is 2.70. The molecule has 126 valence electrons. The summed E-state index contributed by atoms with van der Waals surface area (Å²) in [7, 11) is 0. The zero-order chi connectivity index (χ0) is 17.2. The summed E-state index contributed by atoms with van der Waals surface area (Å²) in [6.45, 7) is 1.16. The summed E-state index contributed by atoms with van der Waals surface area (Å²) in [6.07, 6.45) is 3.25. The first-order chi connectivity index (χ1) is 12.2.